The molecule has 0 aromatic carbocycles. The van der Waals surface area contributed by atoms with Crippen LogP contribution in [0.15, 0.2) is 48.6 Å². The molecule has 0 rings (SSSR count). The largest absolute Gasteiger partial charge is 0.462 e. The van der Waals surface area contributed by atoms with E-state index in [1.807, 2.05) is 0 Å². The number of hydrogen-bond donors (Lipinski definition) is 0. The lowest BCUT2D eigenvalue weighted by Crippen LogP contribution is -2.30. The number of esters is 3. The number of carbonyl (C=O) groups is 3. The van der Waals surface area contributed by atoms with Gasteiger partial charge < -0.3 is 14.2 Å². The van der Waals surface area contributed by atoms with E-state index in [0.717, 1.165) is 103 Å². The van der Waals surface area contributed by atoms with Crippen LogP contribution >= 0.6 is 0 Å². The Hall–Kier alpha value is -2.63. The van der Waals surface area contributed by atoms with Crippen LogP contribution < -0.4 is 0 Å². The summed E-state index contributed by atoms with van der Waals surface area (Å²) in [6.45, 7) is 6.50. The lowest BCUT2D eigenvalue weighted by atomic mass is 10.0. The number of carbonyl (C=O) groups excluding carboxylic acids is 3. The van der Waals surface area contributed by atoms with Crippen LogP contribution in [0.1, 0.15) is 258 Å². The van der Waals surface area contributed by atoms with Crippen LogP contribution in [-0.4, -0.2) is 37.2 Å². The third kappa shape index (κ3) is 46.4. The van der Waals surface area contributed by atoms with Crippen LogP contribution in [0.4, 0.5) is 0 Å². The average molecular weight is 841 g/mol. The molecule has 0 amide bonds. The Kier molecular flexibility index (Phi) is 46.9. The van der Waals surface area contributed by atoms with E-state index in [4.69, 9.17) is 14.2 Å². The predicted octanol–water partition coefficient (Wildman–Crippen LogP) is 16.7. The molecule has 0 saturated carbocycles. The zero-order valence-electron chi connectivity index (χ0n) is 39.7. The van der Waals surface area contributed by atoms with Gasteiger partial charge in [-0.1, -0.05) is 211 Å². The first-order valence-corrected chi connectivity index (χ1v) is 25.6. The first-order valence-electron chi connectivity index (χ1n) is 25.6. The molecule has 0 radical (unpaired) electrons. The van der Waals surface area contributed by atoms with Crippen molar-refractivity contribution < 1.29 is 28.6 Å². The summed E-state index contributed by atoms with van der Waals surface area (Å²) in [6, 6.07) is 0. The van der Waals surface area contributed by atoms with Crippen molar-refractivity contribution in [3.05, 3.63) is 48.6 Å². The molecule has 1 unspecified atom stereocenters. The molecule has 0 aliphatic carbocycles. The molecule has 0 aromatic rings. The SMILES string of the molecule is CC/C=C\C/C=C\C/C=C\CCCCCCCC(=O)OCC(COC(=O)CCCCCCC/C=C\CCCCCC)OC(=O)CCCCCCCCCCCCCCCC. The summed E-state index contributed by atoms with van der Waals surface area (Å²) in [4.78, 5) is 37.9. The van der Waals surface area contributed by atoms with Crippen molar-refractivity contribution in [2.45, 2.75) is 264 Å². The first kappa shape index (κ1) is 57.4. The molecular weight excluding hydrogens is 745 g/mol. The van der Waals surface area contributed by atoms with Crippen molar-refractivity contribution in [3.63, 3.8) is 0 Å². The van der Waals surface area contributed by atoms with E-state index in [-0.39, 0.29) is 31.1 Å². The molecule has 6 heteroatoms. The molecule has 60 heavy (non-hydrogen) atoms. The molecule has 6 nitrogen and oxygen atoms in total. The second-order valence-electron chi connectivity index (χ2n) is 17.1. The maximum absolute atomic E-state index is 12.8. The summed E-state index contributed by atoms with van der Waals surface area (Å²) in [5.74, 6) is -0.898. The van der Waals surface area contributed by atoms with Crippen molar-refractivity contribution in [1.82, 2.24) is 0 Å². The fourth-order valence-corrected chi connectivity index (χ4v) is 7.22. The first-order chi connectivity index (χ1) is 29.5. The van der Waals surface area contributed by atoms with Gasteiger partial charge in [-0.15, -0.1) is 0 Å². The third-order valence-electron chi connectivity index (χ3n) is 11.1. The maximum Gasteiger partial charge on any atom is 0.306 e. The van der Waals surface area contributed by atoms with Gasteiger partial charge in [-0.25, -0.2) is 0 Å². The van der Waals surface area contributed by atoms with Gasteiger partial charge in [0.1, 0.15) is 13.2 Å². The quantitative estimate of drug-likeness (QED) is 0.0263. The van der Waals surface area contributed by atoms with Gasteiger partial charge in [-0.3, -0.25) is 14.4 Å². The molecule has 1 atom stereocenters. The van der Waals surface area contributed by atoms with E-state index < -0.39 is 6.10 Å². The molecule has 0 aliphatic heterocycles. The summed E-state index contributed by atoms with van der Waals surface area (Å²) in [6.07, 6.45) is 58.0. The summed E-state index contributed by atoms with van der Waals surface area (Å²) < 4.78 is 16.8. The Morgan fingerprint density at radius 3 is 1.05 bits per heavy atom. The van der Waals surface area contributed by atoms with Crippen molar-refractivity contribution in [3.8, 4) is 0 Å². The fraction of sp³-hybridized carbons (Fsp3) is 0.796. The smallest absolute Gasteiger partial charge is 0.306 e. The fourth-order valence-electron chi connectivity index (χ4n) is 7.22. The number of allylic oxidation sites excluding steroid dienone is 8. The monoisotopic (exact) mass is 841 g/mol. The van der Waals surface area contributed by atoms with E-state index in [1.165, 1.54) is 116 Å². The highest BCUT2D eigenvalue weighted by Crippen LogP contribution is 2.15. The van der Waals surface area contributed by atoms with Gasteiger partial charge in [0.25, 0.3) is 0 Å². The highest BCUT2D eigenvalue weighted by atomic mass is 16.6. The second kappa shape index (κ2) is 49.0. The minimum Gasteiger partial charge on any atom is -0.462 e. The lowest BCUT2D eigenvalue weighted by Gasteiger charge is -2.18. The van der Waals surface area contributed by atoms with Crippen LogP contribution in [0.25, 0.3) is 0 Å². The van der Waals surface area contributed by atoms with E-state index in [9.17, 15) is 14.4 Å². The van der Waals surface area contributed by atoms with Gasteiger partial charge in [-0.2, -0.15) is 0 Å². The van der Waals surface area contributed by atoms with E-state index in [2.05, 4.69) is 69.4 Å². The second-order valence-corrected chi connectivity index (χ2v) is 17.1. The summed E-state index contributed by atoms with van der Waals surface area (Å²) >= 11 is 0. The molecular formula is C54H96O6. The summed E-state index contributed by atoms with van der Waals surface area (Å²) in [5, 5.41) is 0. The molecule has 0 aromatic heterocycles. The summed E-state index contributed by atoms with van der Waals surface area (Å²) in [7, 11) is 0. The van der Waals surface area contributed by atoms with Crippen LogP contribution in [0, 0.1) is 0 Å². The molecule has 0 fully saturated rings. The molecule has 0 saturated heterocycles. The number of hydrogen-bond acceptors (Lipinski definition) is 6. The van der Waals surface area contributed by atoms with Crippen LogP contribution in [0.5, 0.6) is 0 Å². The molecule has 0 aliphatic rings. The minimum atomic E-state index is -0.779. The van der Waals surface area contributed by atoms with Crippen molar-refractivity contribution in [1.29, 1.82) is 0 Å². The molecule has 348 valence electrons. The average Bonchev–Trinajstić information content (AvgIpc) is 3.24. The van der Waals surface area contributed by atoms with Crippen LogP contribution in [-0.2, 0) is 28.6 Å². The van der Waals surface area contributed by atoms with Gasteiger partial charge in [0.05, 0.1) is 0 Å². The van der Waals surface area contributed by atoms with Crippen molar-refractivity contribution in [2.75, 3.05) is 13.2 Å². The van der Waals surface area contributed by atoms with E-state index >= 15 is 0 Å². The van der Waals surface area contributed by atoms with Gasteiger partial charge in [-0.05, 0) is 77.0 Å². The Morgan fingerprint density at radius 1 is 0.350 bits per heavy atom. The van der Waals surface area contributed by atoms with Gasteiger partial charge in [0.15, 0.2) is 6.10 Å². The van der Waals surface area contributed by atoms with Crippen molar-refractivity contribution >= 4 is 17.9 Å². The van der Waals surface area contributed by atoms with Gasteiger partial charge >= 0.3 is 17.9 Å². The third-order valence-corrected chi connectivity index (χ3v) is 11.1. The highest BCUT2D eigenvalue weighted by molar-refractivity contribution is 5.71. The summed E-state index contributed by atoms with van der Waals surface area (Å²) in [5.41, 5.74) is 0. The van der Waals surface area contributed by atoms with E-state index in [0.29, 0.717) is 19.3 Å². The van der Waals surface area contributed by atoms with Crippen molar-refractivity contribution in [2.24, 2.45) is 0 Å². The molecule has 0 N–H and O–H groups in total. The van der Waals surface area contributed by atoms with Gasteiger partial charge in [0.2, 0.25) is 0 Å². The molecule has 0 heterocycles. The van der Waals surface area contributed by atoms with Crippen LogP contribution in [0.2, 0.25) is 0 Å². The zero-order valence-corrected chi connectivity index (χ0v) is 39.7. The number of rotatable bonds is 46. The van der Waals surface area contributed by atoms with Gasteiger partial charge in [0, 0.05) is 19.3 Å². The Balaban J connectivity index is 4.40. The minimum absolute atomic E-state index is 0.0809. The number of ether oxygens (including phenoxy) is 3. The van der Waals surface area contributed by atoms with E-state index in [1.54, 1.807) is 0 Å². The predicted molar refractivity (Wildman–Crippen MR) is 256 cm³/mol. The van der Waals surface area contributed by atoms with Crippen LogP contribution in [0.3, 0.4) is 0 Å². The highest BCUT2D eigenvalue weighted by Gasteiger charge is 2.19. The number of unbranched alkanes of at least 4 members (excludes halogenated alkanes) is 27. The topological polar surface area (TPSA) is 78.9 Å². The normalized spacial score (nSPS) is 12.4. The zero-order chi connectivity index (χ0) is 43.7. The Morgan fingerprint density at radius 2 is 0.650 bits per heavy atom. The molecule has 0 bridgehead atoms. The molecule has 0 spiro atoms. The Bertz CT molecular complexity index is 1060. The standard InChI is InChI=1S/C54H96O6/c1-4-7-10-13-16-19-22-25-27-30-32-35-38-41-44-47-53(56)59-50-51(49-58-52(55)46-43-40-37-34-31-28-24-21-18-15-12-9-6-3)60-54(57)48-45-42-39-36-33-29-26-23-20-17-14-11-8-5-2/h7,10,16,19,21,24-25,27,51H,4-6,8-9,11-15,17-18,20,22-23,26,28-50H2,1-3H3/b10-7-,19-16-,24-21-,27-25-. The maximum atomic E-state index is 12.8. The lowest BCUT2D eigenvalue weighted by molar-refractivity contribution is -0.167. The Labute approximate surface area is 371 Å².